The van der Waals surface area contributed by atoms with Crippen LogP contribution in [0.1, 0.15) is 124 Å². The number of unbranched alkanes of at least 4 members (excludes halogenated alkanes) is 11. The molecule has 6 heteroatoms. The molecule has 0 heterocycles. The van der Waals surface area contributed by atoms with Crippen molar-refractivity contribution in [3.63, 3.8) is 0 Å². The van der Waals surface area contributed by atoms with Crippen molar-refractivity contribution in [3.8, 4) is 0 Å². The van der Waals surface area contributed by atoms with Crippen LogP contribution in [0, 0.1) is 5.92 Å². The van der Waals surface area contributed by atoms with E-state index >= 15 is 0 Å². The minimum atomic E-state index is -0.117. The summed E-state index contributed by atoms with van der Waals surface area (Å²) in [5, 5.41) is 0. The first-order chi connectivity index (χ1) is 17.7. The van der Waals surface area contributed by atoms with Crippen LogP contribution in [0.3, 0.4) is 0 Å². The highest BCUT2D eigenvalue weighted by Crippen LogP contribution is 2.11. The Labute approximate surface area is 223 Å². The molecule has 0 aliphatic rings. The summed E-state index contributed by atoms with van der Waals surface area (Å²) in [4.78, 5) is 11.7. The topological polar surface area (TPSA) is 63.2 Å². The second-order valence-corrected chi connectivity index (χ2v) is 10.2. The van der Waals surface area contributed by atoms with Crippen LogP contribution >= 0.6 is 0 Å². The second-order valence-electron chi connectivity index (χ2n) is 10.2. The molecular formula is C30H60O6. The molecule has 0 aliphatic heterocycles. The normalized spacial score (nSPS) is 11.4. The number of esters is 1. The predicted molar refractivity (Wildman–Crippen MR) is 149 cm³/mol. The minimum absolute atomic E-state index is 0.117. The number of carbonyl (C=O) groups excluding carboxylic acids is 1. The van der Waals surface area contributed by atoms with Gasteiger partial charge in [0, 0.05) is 19.6 Å². The Bertz CT molecular complexity index is 430. The van der Waals surface area contributed by atoms with Crippen LogP contribution in [-0.2, 0) is 28.5 Å². The molecular weight excluding hydrogens is 456 g/mol. The molecule has 0 radical (unpaired) electrons. The molecule has 0 spiro atoms. The third kappa shape index (κ3) is 31.3. The fraction of sp³-hybridized carbons (Fsp3) is 0.967. The summed E-state index contributed by atoms with van der Waals surface area (Å²) in [5.74, 6) is 0.681. The van der Waals surface area contributed by atoms with Gasteiger partial charge in [-0.15, -0.1) is 0 Å². The van der Waals surface area contributed by atoms with Crippen molar-refractivity contribution in [2.45, 2.75) is 124 Å². The van der Waals surface area contributed by atoms with Crippen molar-refractivity contribution in [3.05, 3.63) is 0 Å². The lowest BCUT2D eigenvalue weighted by Crippen LogP contribution is -2.12. The number of hydrogen-bond acceptors (Lipinski definition) is 6. The van der Waals surface area contributed by atoms with E-state index in [0.29, 0.717) is 65.7 Å². The standard InChI is InChI=1S/C30H60O6/c1-4-5-6-7-8-9-12-15-20-32-23-25-34-27-28-35-26-24-33-21-17-19-30(31)36-22-16-13-10-11-14-18-29(2)3/h29H,4-28H2,1-3H3. The molecule has 216 valence electrons. The van der Waals surface area contributed by atoms with E-state index in [9.17, 15) is 4.79 Å². The smallest absolute Gasteiger partial charge is 0.305 e. The van der Waals surface area contributed by atoms with Gasteiger partial charge in [0.15, 0.2) is 0 Å². The first-order valence-corrected chi connectivity index (χ1v) is 15.1. The summed E-state index contributed by atoms with van der Waals surface area (Å²) in [7, 11) is 0. The quantitative estimate of drug-likeness (QED) is 0.0727. The third-order valence-electron chi connectivity index (χ3n) is 6.12. The van der Waals surface area contributed by atoms with Gasteiger partial charge in [-0.2, -0.15) is 0 Å². The molecule has 0 aromatic carbocycles. The van der Waals surface area contributed by atoms with Gasteiger partial charge in [-0.3, -0.25) is 4.79 Å². The molecule has 0 fully saturated rings. The predicted octanol–water partition coefficient (Wildman–Crippen LogP) is 7.51. The lowest BCUT2D eigenvalue weighted by Gasteiger charge is -2.08. The maximum atomic E-state index is 11.7. The van der Waals surface area contributed by atoms with Gasteiger partial charge in [-0.25, -0.2) is 0 Å². The SMILES string of the molecule is CCCCCCCCCCOCCOCCOCCOCCCC(=O)OCCCCCCCC(C)C. The summed E-state index contributed by atoms with van der Waals surface area (Å²) >= 11 is 0. The maximum Gasteiger partial charge on any atom is 0.305 e. The van der Waals surface area contributed by atoms with Crippen molar-refractivity contribution in [2.24, 2.45) is 5.92 Å². The van der Waals surface area contributed by atoms with E-state index < -0.39 is 0 Å². The van der Waals surface area contributed by atoms with Crippen LogP contribution in [0.15, 0.2) is 0 Å². The molecule has 0 saturated carbocycles. The fourth-order valence-electron chi connectivity index (χ4n) is 3.86. The largest absolute Gasteiger partial charge is 0.466 e. The molecule has 0 rings (SSSR count). The summed E-state index contributed by atoms with van der Waals surface area (Å²) in [6, 6.07) is 0. The Morgan fingerprint density at radius 2 is 0.917 bits per heavy atom. The van der Waals surface area contributed by atoms with Gasteiger partial charge in [0.25, 0.3) is 0 Å². The highest BCUT2D eigenvalue weighted by molar-refractivity contribution is 5.69. The molecule has 0 aromatic rings. The molecule has 6 nitrogen and oxygen atoms in total. The van der Waals surface area contributed by atoms with E-state index in [4.69, 9.17) is 23.7 Å². The highest BCUT2D eigenvalue weighted by Gasteiger charge is 2.03. The van der Waals surface area contributed by atoms with E-state index in [1.54, 1.807) is 0 Å². The van der Waals surface area contributed by atoms with Gasteiger partial charge in [0.05, 0.1) is 46.2 Å². The first kappa shape index (κ1) is 35.3. The van der Waals surface area contributed by atoms with Gasteiger partial charge in [0.1, 0.15) is 0 Å². The number of ether oxygens (including phenoxy) is 5. The number of rotatable bonds is 30. The molecule has 0 N–H and O–H groups in total. The van der Waals surface area contributed by atoms with E-state index in [0.717, 1.165) is 31.8 Å². The molecule has 0 amide bonds. The Balaban J connectivity index is 3.13. The Kier molecular flexibility index (Phi) is 29.9. The van der Waals surface area contributed by atoms with Crippen LogP contribution in [0.25, 0.3) is 0 Å². The van der Waals surface area contributed by atoms with Crippen LogP contribution in [-0.4, -0.2) is 65.4 Å². The van der Waals surface area contributed by atoms with Crippen molar-refractivity contribution in [1.29, 1.82) is 0 Å². The van der Waals surface area contributed by atoms with Crippen molar-refractivity contribution in [2.75, 3.05) is 59.5 Å². The van der Waals surface area contributed by atoms with Crippen LogP contribution in [0.4, 0.5) is 0 Å². The van der Waals surface area contributed by atoms with Gasteiger partial charge >= 0.3 is 5.97 Å². The van der Waals surface area contributed by atoms with Crippen molar-refractivity contribution < 1.29 is 28.5 Å². The van der Waals surface area contributed by atoms with Gasteiger partial charge in [0.2, 0.25) is 0 Å². The van der Waals surface area contributed by atoms with E-state index in [1.165, 1.54) is 70.6 Å². The van der Waals surface area contributed by atoms with Crippen molar-refractivity contribution in [1.82, 2.24) is 0 Å². The second kappa shape index (κ2) is 30.5. The summed E-state index contributed by atoms with van der Waals surface area (Å²) < 4.78 is 27.4. The Hall–Kier alpha value is -0.690. The van der Waals surface area contributed by atoms with Gasteiger partial charge in [-0.1, -0.05) is 97.8 Å². The van der Waals surface area contributed by atoms with Crippen molar-refractivity contribution >= 4 is 5.97 Å². The third-order valence-corrected chi connectivity index (χ3v) is 6.12. The van der Waals surface area contributed by atoms with Gasteiger partial charge < -0.3 is 23.7 Å². The Morgan fingerprint density at radius 3 is 1.44 bits per heavy atom. The molecule has 0 saturated heterocycles. The molecule has 0 unspecified atom stereocenters. The summed E-state index contributed by atoms with van der Waals surface area (Å²) in [6.07, 6.45) is 18.9. The van der Waals surface area contributed by atoms with E-state index in [-0.39, 0.29) is 5.97 Å². The lowest BCUT2D eigenvalue weighted by molar-refractivity contribution is -0.144. The van der Waals surface area contributed by atoms with Crippen LogP contribution in [0.2, 0.25) is 0 Å². The molecule has 36 heavy (non-hydrogen) atoms. The monoisotopic (exact) mass is 516 g/mol. The average molecular weight is 517 g/mol. The Morgan fingerprint density at radius 1 is 0.500 bits per heavy atom. The average Bonchev–Trinajstić information content (AvgIpc) is 2.86. The summed E-state index contributed by atoms with van der Waals surface area (Å²) in [6.45, 7) is 12.2. The van der Waals surface area contributed by atoms with E-state index in [1.807, 2.05) is 0 Å². The molecule has 0 aliphatic carbocycles. The zero-order chi connectivity index (χ0) is 26.4. The zero-order valence-corrected chi connectivity index (χ0v) is 24.2. The first-order valence-electron chi connectivity index (χ1n) is 15.1. The number of hydrogen-bond donors (Lipinski definition) is 0. The summed E-state index contributed by atoms with van der Waals surface area (Å²) in [5.41, 5.74) is 0. The highest BCUT2D eigenvalue weighted by atomic mass is 16.6. The van der Waals surface area contributed by atoms with Gasteiger partial charge in [-0.05, 0) is 25.2 Å². The fourth-order valence-corrected chi connectivity index (χ4v) is 3.86. The van der Waals surface area contributed by atoms with Crippen LogP contribution < -0.4 is 0 Å². The van der Waals surface area contributed by atoms with E-state index in [2.05, 4.69) is 20.8 Å². The van der Waals surface area contributed by atoms with Crippen LogP contribution in [0.5, 0.6) is 0 Å². The molecule has 0 aromatic heterocycles. The molecule has 0 bridgehead atoms. The number of carbonyl (C=O) groups is 1. The molecule has 0 atom stereocenters. The maximum absolute atomic E-state index is 11.7. The zero-order valence-electron chi connectivity index (χ0n) is 24.2. The lowest BCUT2D eigenvalue weighted by atomic mass is 10.0. The minimum Gasteiger partial charge on any atom is -0.466 e.